The van der Waals surface area contributed by atoms with Gasteiger partial charge in [-0.25, -0.2) is 0 Å². The molecule has 0 aliphatic carbocycles. The van der Waals surface area contributed by atoms with E-state index in [0.29, 0.717) is 16.3 Å². The Kier molecular flexibility index (Phi) is 3.60. The van der Waals surface area contributed by atoms with Crippen LogP contribution >= 0.6 is 11.6 Å². The zero-order valence-electron chi connectivity index (χ0n) is 12.0. The van der Waals surface area contributed by atoms with Crippen molar-refractivity contribution in [3.63, 3.8) is 0 Å². The molecular formula is C17H16ClNO2. The Hall–Kier alpha value is -2.00. The molecule has 108 valence electrons. The Morgan fingerprint density at radius 3 is 2.76 bits per heavy atom. The van der Waals surface area contributed by atoms with E-state index in [1.165, 1.54) is 5.56 Å². The summed E-state index contributed by atoms with van der Waals surface area (Å²) in [7, 11) is 1.56. The van der Waals surface area contributed by atoms with Crippen molar-refractivity contribution in [2.75, 3.05) is 12.0 Å². The second-order valence-electron chi connectivity index (χ2n) is 5.21. The number of anilines is 1. The molecule has 0 bridgehead atoms. The molecule has 0 N–H and O–H groups in total. The van der Waals surface area contributed by atoms with Gasteiger partial charge in [-0.3, -0.25) is 4.79 Å². The van der Waals surface area contributed by atoms with Gasteiger partial charge in [-0.2, -0.15) is 0 Å². The lowest BCUT2D eigenvalue weighted by Gasteiger charge is -2.23. The standard InChI is InChI=1S/C17H16ClNO2/c1-11-9-12-5-3-4-6-15(12)19(11)17(20)13-7-8-16(21-2)14(18)10-13/h3-8,10-11H,9H2,1-2H3/t11-/m0/s1. The second kappa shape index (κ2) is 5.41. The van der Waals surface area contributed by atoms with Gasteiger partial charge < -0.3 is 9.64 Å². The van der Waals surface area contributed by atoms with Gasteiger partial charge in [0.1, 0.15) is 5.75 Å². The van der Waals surface area contributed by atoms with Gasteiger partial charge in [0.25, 0.3) is 5.91 Å². The number of ether oxygens (including phenoxy) is 1. The monoisotopic (exact) mass is 301 g/mol. The molecule has 0 aromatic heterocycles. The molecule has 0 spiro atoms. The highest BCUT2D eigenvalue weighted by Crippen LogP contribution is 2.34. The molecule has 1 aliphatic heterocycles. The minimum absolute atomic E-state index is 0.0306. The van der Waals surface area contributed by atoms with Crippen LogP contribution in [0.25, 0.3) is 0 Å². The maximum absolute atomic E-state index is 12.8. The lowest BCUT2D eigenvalue weighted by atomic mass is 10.1. The first-order chi connectivity index (χ1) is 10.1. The number of benzene rings is 2. The molecule has 0 saturated heterocycles. The topological polar surface area (TPSA) is 29.5 Å². The van der Waals surface area contributed by atoms with Crippen molar-refractivity contribution in [1.29, 1.82) is 0 Å². The maximum atomic E-state index is 12.8. The Labute approximate surface area is 129 Å². The fourth-order valence-electron chi connectivity index (χ4n) is 2.81. The number of carbonyl (C=O) groups excluding carboxylic acids is 1. The van der Waals surface area contributed by atoms with E-state index >= 15 is 0 Å². The Morgan fingerprint density at radius 2 is 2.05 bits per heavy atom. The van der Waals surface area contributed by atoms with Gasteiger partial charge in [0, 0.05) is 17.3 Å². The lowest BCUT2D eigenvalue weighted by molar-refractivity contribution is 0.0981. The van der Waals surface area contributed by atoms with Crippen molar-refractivity contribution in [2.24, 2.45) is 0 Å². The highest BCUT2D eigenvalue weighted by Gasteiger charge is 2.31. The third-order valence-electron chi connectivity index (χ3n) is 3.82. The van der Waals surface area contributed by atoms with Gasteiger partial charge in [-0.05, 0) is 43.2 Å². The first-order valence-electron chi connectivity index (χ1n) is 6.87. The molecule has 2 aromatic rings. The normalized spacial score (nSPS) is 16.7. The molecule has 4 heteroatoms. The molecule has 1 aliphatic rings. The summed E-state index contributed by atoms with van der Waals surface area (Å²) in [4.78, 5) is 14.6. The smallest absolute Gasteiger partial charge is 0.258 e. The number of hydrogen-bond acceptors (Lipinski definition) is 2. The number of halogens is 1. The number of carbonyl (C=O) groups is 1. The van der Waals surface area contributed by atoms with Gasteiger partial charge in [0.2, 0.25) is 0 Å². The van der Waals surface area contributed by atoms with E-state index in [9.17, 15) is 4.79 Å². The zero-order valence-corrected chi connectivity index (χ0v) is 12.7. The van der Waals surface area contributed by atoms with Crippen LogP contribution in [-0.2, 0) is 6.42 Å². The van der Waals surface area contributed by atoms with Crippen molar-refractivity contribution in [1.82, 2.24) is 0 Å². The second-order valence-corrected chi connectivity index (χ2v) is 5.61. The zero-order chi connectivity index (χ0) is 15.0. The summed E-state index contributed by atoms with van der Waals surface area (Å²) in [5.41, 5.74) is 2.77. The molecule has 0 saturated carbocycles. The van der Waals surface area contributed by atoms with E-state index in [0.717, 1.165) is 12.1 Å². The maximum Gasteiger partial charge on any atom is 0.258 e. The van der Waals surface area contributed by atoms with Crippen molar-refractivity contribution in [3.8, 4) is 5.75 Å². The van der Waals surface area contributed by atoms with Crippen molar-refractivity contribution >= 4 is 23.2 Å². The number of hydrogen-bond donors (Lipinski definition) is 0. The van der Waals surface area contributed by atoms with Crippen LogP contribution in [0.3, 0.4) is 0 Å². The number of fused-ring (bicyclic) bond motifs is 1. The molecule has 1 atom stereocenters. The van der Waals surface area contributed by atoms with E-state index < -0.39 is 0 Å². The van der Waals surface area contributed by atoms with Crippen molar-refractivity contribution in [3.05, 3.63) is 58.6 Å². The summed E-state index contributed by atoms with van der Waals surface area (Å²) >= 11 is 6.12. The van der Waals surface area contributed by atoms with Crippen LogP contribution < -0.4 is 9.64 Å². The third kappa shape index (κ3) is 2.38. The molecule has 3 nitrogen and oxygen atoms in total. The van der Waals surface area contributed by atoms with Crippen LogP contribution in [0.2, 0.25) is 5.02 Å². The van der Waals surface area contributed by atoms with Gasteiger partial charge in [-0.1, -0.05) is 29.8 Å². The average molecular weight is 302 g/mol. The molecule has 0 fully saturated rings. The molecule has 0 radical (unpaired) electrons. The molecule has 0 unspecified atom stereocenters. The van der Waals surface area contributed by atoms with E-state index in [2.05, 4.69) is 13.0 Å². The predicted octanol–water partition coefficient (Wildman–Crippen LogP) is 3.94. The largest absolute Gasteiger partial charge is 0.495 e. The molecule has 3 rings (SSSR count). The van der Waals surface area contributed by atoms with Gasteiger partial charge >= 0.3 is 0 Å². The predicted molar refractivity (Wildman–Crippen MR) is 84.4 cm³/mol. The number of methoxy groups -OCH3 is 1. The number of nitrogens with zero attached hydrogens (tertiary/aromatic N) is 1. The van der Waals surface area contributed by atoms with Crippen molar-refractivity contribution < 1.29 is 9.53 Å². The summed E-state index contributed by atoms with van der Waals surface area (Å²) in [6.07, 6.45) is 0.881. The van der Waals surface area contributed by atoms with Crippen molar-refractivity contribution in [2.45, 2.75) is 19.4 Å². The molecular weight excluding hydrogens is 286 g/mol. The Balaban J connectivity index is 1.97. The van der Waals surface area contributed by atoms with Crippen LogP contribution in [0, 0.1) is 0 Å². The van der Waals surface area contributed by atoms with Crippen LogP contribution in [0.4, 0.5) is 5.69 Å². The quantitative estimate of drug-likeness (QED) is 0.841. The minimum Gasteiger partial charge on any atom is -0.495 e. The van der Waals surface area contributed by atoms with Crippen LogP contribution in [0.1, 0.15) is 22.8 Å². The Morgan fingerprint density at radius 1 is 1.29 bits per heavy atom. The van der Waals surface area contributed by atoms with Crippen LogP contribution in [0.5, 0.6) is 5.75 Å². The number of para-hydroxylation sites is 1. The SMILES string of the molecule is COc1ccc(C(=O)N2c3ccccc3C[C@@H]2C)cc1Cl. The van der Waals surface area contributed by atoms with E-state index in [1.807, 2.05) is 23.1 Å². The van der Waals surface area contributed by atoms with Gasteiger partial charge in [0.05, 0.1) is 12.1 Å². The van der Waals surface area contributed by atoms with Gasteiger partial charge in [-0.15, -0.1) is 0 Å². The summed E-state index contributed by atoms with van der Waals surface area (Å²) < 4.78 is 5.13. The summed E-state index contributed by atoms with van der Waals surface area (Å²) in [6.45, 7) is 2.06. The average Bonchev–Trinajstić information content (AvgIpc) is 2.82. The van der Waals surface area contributed by atoms with E-state index in [4.69, 9.17) is 16.3 Å². The summed E-state index contributed by atoms with van der Waals surface area (Å²) in [6, 6.07) is 13.3. The minimum atomic E-state index is -0.0306. The molecule has 1 amide bonds. The number of rotatable bonds is 2. The molecule has 21 heavy (non-hydrogen) atoms. The van der Waals surface area contributed by atoms with Crippen LogP contribution in [0.15, 0.2) is 42.5 Å². The number of amides is 1. The molecule has 1 heterocycles. The highest BCUT2D eigenvalue weighted by atomic mass is 35.5. The van der Waals surface area contributed by atoms with Crippen LogP contribution in [-0.4, -0.2) is 19.1 Å². The first kappa shape index (κ1) is 14.0. The Bertz CT molecular complexity index is 699. The fourth-order valence-corrected chi connectivity index (χ4v) is 3.07. The first-order valence-corrected chi connectivity index (χ1v) is 7.24. The fraction of sp³-hybridized carbons (Fsp3) is 0.235. The van der Waals surface area contributed by atoms with E-state index in [1.54, 1.807) is 25.3 Å². The summed E-state index contributed by atoms with van der Waals surface area (Å²) in [5.74, 6) is 0.542. The van der Waals surface area contributed by atoms with Gasteiger partial charge in [0.15, 0.2) is 0 Å². The third-order valence-corrected chi connectivity index (χ3v) is 4.12. The van der Waals surface area contributed by atoms with E-state index in [-0.39, 0.29) is 11.9 Å². The summed E-state index contributed by atoms with van der Waals surface area (Å²) in [5, 5.41) is 0.448. The molecule has 2 aromatic carbocycles. The highest BCUT2D eigenvalue weighted by molar-refractivity contribution is 6.32. The lowest BCUT2D eigenvalue weighted by Crippen LogP contribution is -2.35.